The number of rotatable bonds is 3. The molecule has 1 heterocycles. The predicted molar refractivity (Wildman–Crippen MR) is 57.5 cm³/mol. The van der Waals surface area contributed by atoms with Crippen LogP contribution in [0.5, 0.6) is 0 Å². The maximum atomic E-state index is 12.9. The zero-order chi connectivity index (χ0) is 11.5. The van der Waals surface area contributed by atoms with Crippen LogP contribution in [0.1, 0.15) is 5.82 Å². The van der Waals surface area contributed by atoms with Crippen molar-refractivity contribution in [2.45, 2.75) is 6.42 Å². The van der Waals surface area contributed by atoms with Crippen molar-refractivity contribution >= 4 is 11.6 Å². The summed E-state index contributed by atoms with van der Waals surface area (Å²) in [7, 11) is 0. The fourth-order valence-electron chi connectivity index (χ4n) is 1.23. The minimum atomic E-state index is -0.480. The van der Waals surface area contributed by atoms with Gasteiger partial charge in [0.15, 0.2) is 5.82 Å². The summed E-state index contributed by atoms with van der Waals surface area (Å²) in [6.45, 7) is 0.448. The van der Waals surface area contributed by atoms with Gasteiger partial charge in [0.1, 0.15) is 5.82 Å². The van der Waals surface area contributed by atoms with Gasteiger partial charge in [0.2, 0.25) is 0 Å². The average molecular weight is 242 g/mol. The first-order chi connectivity index (χ1) is 7.70. The number of benzene rings is 1. The van der Waals surface area contributed by atoms with Crippen molar-refractivity contribution in [1.29, 1.82) is 0 Å². The van der Waals surface area contributed by atoms with Crippen LogP contribution in [0.4, 0.5) is 4.39 Å². The van der Waals surface area contributed by atoms with Gasteiger partial charge < -0.3 is 10.3 Å². The molecule has 0 saturated heterocycles. The molecule has 0 unspecified atom stereocenters. The standard InChI is InChI=1S/C10H9ClFN3O/c11-7-5-6(1-2-8(7)12)10-14-9(3-4-13)15-16-10/h1-2,5H,3-4,13H2. The highest BCUT2D eigenvalue weighted by atomic mass is 35.5. The van der Waals surface area contributed by atoms with E-state index in [1.54, 1.807) is 0 Å². The molecule has 0 aliphatic heterocycles. The highest BCUT2D eigenvalue weighted by molar-refractivity contribution is 6.31. The zero-order valence-corrected chi connectivity index (χ0v) is 9.04. The van der Waals surface area contributed by atoms with E-state index in [1.807, 2.05) is 0 Å². The third-order valence-electron chi connectivity index (χ3n) is 2.00. The molecule has 16 heavy (non-hydrogen) atoms. The Labute approximate surface area is 96.2 Å². The molecule has 0 aliphatic carbocycles. The highest BCUT2D eigenvalue weighted by Gasteiger charge is 2.10. The van der Waals surface area contributed by atoms with E-state index in [2.05, 4.69) is 10.1 Å². The molecule has 0 radical (unpaired) electrons. The van der Waals surface area contributed by atoms with Gasteiger partial charge in [-0.05, 0) is 24.7 Å². The van der Waals surface area contributed by atoms with Gasteiger partial charge in [-0.2, -0.15) is 4.98 Å². The molecule has 0 spiro atoms. The first-order valence-corrected chi connectivity index (χ1v) is 5.06. The second kappa shape index (κ2) is 4.59. The van der Waals surface area contributed by atoms with Crippen molar-refractivity contribution in [2.24, 2.45) is 5.73 Å². The van der Waals surface area contributed by atoms with Crippen LogP contribution in [0.15, 0.2) is 22.7 Å². The van der Waals surface area contributed by atoms with E-state index in [0.717, 1.165) is 0 Å². The SMILES string of the molecule is NCCc1noc(-c2ccc(F)c(Cl)c2)n1. The summed E-state index contributed by atoms with van der Waals surface area (Å²) in [5.41, 5.74) is 5.95. The lowest BCUT2D eigenvalue weighted by Gasteiger charge is -1.96. The Balaban J connectivity index is 2.31. The van der Waals surface area contributed by atoms with Crippen LogP contribution in [-0.4, -0.2) is 16.7 Å². The molecule has 0 bridgehead atoms. The fraction of sp³-hybridized carbons (Fsp3) is 0.200. The second-order valence-corrected chi connectivity index (χ2v) is 3.59. The van der Waals surface area contributed by atoms with E-state index in [4.69, 9.17) is 21.9 Å². The smallest absolute Gasteiger partial charge is 0.257 e. The topological polar surface area (TPSA) is 64.9 Å². The lowest BCUT2D eigenvalue weighted by molar-refractivity contribution is 0.422. The summed E-state index contributed by atoms with van der Waals surface area (Å²) < 4.78 is 17.9. The third-order valence-corrected chi connectivity index (χ3v) is 2.29. The van der Waals surface area contributed by atoms with Crippen molar-refractivity contribution < 1.29 is 8.91 Å². The van der Waals surface area contributed by atoms with Crippen LogP contribution < -0.4 is 5.73 Å². The van der Waals surface area contributed by atoms with Crippen LogP contribution in [0.25, 0.3) is 11.5 Å². The normalized spacial score (nSPS) is 10.7. The van der Waals surface area contributed by atoms with Crippen molar-refractivity contribution in [1.82, 2.24) is 10.1 Å². The highest BCUT2D eigenvalue weighted by Crippen LogP contribution is 2.23. The Bertz CT molecular complexity index is 501. The Morgan fingerprint density at radius 1 is 1.44 bits per heavy atom. The van der Waals surface area contributed by atoms with Crippen LogP contribution in [0, 0.1) is 5.82 Å². The Kier molecular flexibility index (Phi) is 3.17. The van der Waals surface area contributed by atoms with Gasteiger partial charge in [0, 0.05) is 12.0 Å². The van der Waals surface area contributed by atoms with Crippen LogP contribution in [0.2, 0.25) is 5.02 Å². The number of aromatic nitrogens is 2. The molecule has 0 fully saturated rings. The van der Waals surface area contributed by atoms with Gasteiger partial charge in [0.05, 0.1) is 5.02 Å². The van der Waals surface area contributed by atoms with Gasteiger partial charge in [-0.3, -0.25) is 0 Å². The molecule has 0 aliphatic rings. The minimum Gasteiger partial charge on any atom is -0.334 e. The largest absolute Gasteiger partial charge is 0.334 e. The van der Waals surface area contributed by atoms with Crippen LogP contribution in [-0.2, 0) is 6.42 Å². The fourth-order valence-corrected chi connectivity index (χ4v) is 1.41. The molecule has 0 amide bonds. The van der Waals surface area contributed by atoms with E-state index in [1.165, 1.54) is 18.2 Å². The van der Waals surface area contributed by atoms with E-state index in [-0.39, 0.29) is 5.02 Å². The lowest BCUT2D eigenvalue weighted by Crippen LogP contribution is -2.03. The Hall–Kier alpha value is -1.46. The summed E-state index contributed by atoms with van der Waals surface area (Å²) in [5.74, 6) is 0.357. The monoisotopic (exact) mass is 241 g/mol. The van der Waals surface area contributed by atoms with E-state index >= 15 is 0 Å². The quantitative estimate of drug-likeness (QED) is 0.893. The summed E-state index contributed by atoms with van der Waals surface area (Å²) >= 11 is 5.65. The molecule has 0 atom stereocenters. The van der Waals surface area contributed by atoms with Crippen LogP contribution in [0.3, 0.4) is 0 Å². The molecule has 1 aromatic heterocycles. The van der Waals surface area contributed by atoms with E-state index in [0.29, 0.717) is 30.2 Å². The van der Waals surface area contributed by atoms with Crippen molar-refractivity contribution in [2.75, 3.05) is 6.54 Å². The molecule has 1 aromatic carbocycles. The number of halogens is 2. The third kappa shape index (κ3) is 2.20. The van der Waals surface area contributed by atoms with Gasteiger partial charge in [-0.1, -0.05) is 16.8 Å². The predicted octanol–water partition coefficient (Wildman–Crippen LogP) is 2.03. The molecule has 4 nitrogen and oxygen atoms in total. The van der Waals surface area contributed by atoms with Crippen molar-refractivity contribution in [3.8, 4) is 11.5 Å². The molecule has 84 valence electrons. The van der Waals surface area contributed by atoms with Gasteiger partial charge in [-0.15, -0.1) is 0 Å². The molecule has 2 aromatic rings. The van der Waals surface area contributed by atoms with Crippen molar-refractivity contribution in [3.05, 3.63) is 34.9 Å². The molecule has 2 rings (SSSR count). The van der Waals surface area contributed by atoms with Gasteiger partial charge in [-0.25, -0.2) is 4.39 Å². The average Bonchev–Trinajstić information content (AvgIpc) is 2.71. The first-order valence-electron chi connectivity index (χ1n) is 4.69. The number of hydrogen-bond acceptors (Lipinski definition) is 4. The number of nitrogens with zero attached hydrogens (tertiary/aromatic N) is 2. The summed E-state index contributed by atoms with van der Waals surface area (Å²) in [5, 5.41) is 3.76. The van der Waals surface area contributed by atoms with E-state index < -0.39 is 5.82 Å². The first kappa shape index (κ1) is 11.0. The summed E-state index contributed by atoms with van der Waals surface area (Å²) in [6.07, 6.45) is 0.540. The minimum absolute atomic E-state index is 0.0241. The Morgan fingerprint density at radius 2 is 2.25 bits per heavy atom. The molecule has 0 saturated carbocycles. The molecule has 6 heteroatoms. The molecular weight excluding hydrogens is 233 g/mol. The zero-order valence-electron chi connectivity index (χ0n) is 8.28. The molecular formula is C10H9ClFN3O. The second-order valence-electron chi connectivity index (χ2n) is 3.18. The molecule has 2 N–H and O–H groups in total. The van der Waals surface area contributed by atoms with Crippen molar-refractivity contribution in [3.63, 3.8) is 0 Å². The Morgan fingerprint density at radius 3 is 2.94 bits per heavy atom. The number of nitrogens with two attached hydrogens (primary N) is 1. The number of hydrogen-bond donors (Lipinski definition) is 1. The van der Waals surface area contributed by atoms with Gasteiger partial charge >= 0.3 is 0 Å². The summed E-state index contributed by atoms with van der Waals surface area (Å²) in [6, 6.07) is 4.22. The lowest BCUT2D eigenvalue weighted by atomic mass is 10.2. The van der Waals surface area contributed by atoms with Crippen LogP contribution >= 0.6 is 11.6 Å². The maximum absolute atomic E-state index is 12.9. The summed E-state index contributed by atoms with van der Waals surface area (Å²) in [4.78, 5) is 4.10. The maximum Gasteiger partial charge on any atom is 0.257 e. The van der Waals surface area contributed by atoms with E-state index in [9.17, 15) is 4.39 Å². The van der Waals surface area contributed by atoms with Gasteiger partial charge in [0.25, 0.3) is 5.89 Å².